The summed E-state index contributed by atoms with van der Waals surface area (Å²) in [7, 11) is 0. The van der Waals surface area contributed by atoms with Crippen LogP contribution in [0.2, 0.25) is 0 Å². The molecule has 0 unspecified atom stereocenters. The molecule has 1 saturated heterocycles. The molecule has 1 aromatic heterocycles. The van der Waals surface area contributed by atoms with Crippen LogP contribution in [0.15, 0.2) is 28.7 Å². The van der Waals surface area contributed by atoms with Gasteiger partial charge in [0.15, 0.2) is 0 Å². The first-order valence-electron chi connectivity index (χ1n) is 8.88. The van der Waals surface area contributed by atoms with Crippen molar-refractivity contribution in [3.8, 4) is 0 Å². The van der Waals surface area contributed by atoms with Gasteiger partial charge in [-0.2, -0.15) is 0 Å². The van der Waals surface area contributed by atoms with Gasteiger partial charge < -0.3 is 5.32 Å². The predicted molar refractivity (Wildman–Crippen MR) is 100 cm³/mol. The van der Waals surface area contributed by atoms with E-state index in [0.717, 1.165) is 36.9 Å². The molecule has 1 aliphatic carbocycles. The number of carbonyl (C=O) groups excluding carboxylic acids is 2. The highest BCUT2D eigenvalue weighted by Crippen LogP contribution is 2.29. The third-order valence-electron chi connectivity index (χ3n) is 5.24. The molecule has 0 radical (unpaired) electrons. The molecule has 136 valence electrons. The Labute approximate surface area is 159 Å². The molecular formula is C19H19BrFN3O2. The van der Waals surface area contributed by atoms with E-state index in [1.807, 2.05) is 12.1 Å². The quantitative estimate of drug-likeness (QED) is 0.763. The van der Waals surface area contributed by atoms with Gasteiger partial charge in [0.1, 0.15) is 11.6 Å². The van der Waals surface area contributed by atoms with Crippen LogP contribution in [0.25, 0.3) is 10.9 Å². The number of imide groups is 1. The average Bonchev–Trinajstić information content (AvgIpc) is 2.96. The summed E-state index contributed by atoms with van der Waals surface area (Å²) in [5, 5.41) is 4.28. The van der Waals surface area contributed by atoms with Gasteiger partial charge in [-0.25, -0.2) is 9.37 Å². The normalized spacial score (nSPS) is 23.7. The first-order chi connectivity index (χ1) is 12.5. The zero-order chi connectivity index (χ0) is 18.3. The van der Waals surface area contributed by atoms with E-state index in [2.05, 4.69) is 26.2 Å². The van der Waals surface area contributed by atoms with Crippen molar-refractivity contribution >= 4 is 44.5 Å². The number of nitrogens with zero attached hydrogens (tertiary/aromatic N) is 2. The Morgan fingerprint density at radius 2 is 1.77 bits per heavy atom. The van der Waals surface area contributed by atoms with E-state index in [9.17, 15) is 14.0 Å². The fraction of sp³-hybridized carbons (Fsp3) is 0.421. The Hall–Kier alpha value is -2.02. The smallest absolute Gasteiger partial charge is 0.229 e. The number of benzene rings is 1. The highest BCUT2D eigenvalue weighted by atomic mass is 79.9. The Morgan fingerprint density at radius 3 is 2.46 bits per heavy atom. The molecule has 2 amide bonds. The van der Waals surface area contributed by atoms with Gasteiger partial charge in [-0.3, -0.25) is 14.5 Å². The van der Waals surface area contributed by atoms with Crippen LogP contribution in [0.5, 0.6) is 0 Å². The number of likely N-dealkylation sites (tertiary alicyclic amines) is 1. The van der Waals surface area contributed by atoms with Crippen molar-refractivity contribution in [3.63, 3.8) is 0 Å². The molecule has 2 aliphatic rings. The molecular weight excluding hydrogens is 401 g/mol. The van der Waals surface area contributed by atoms with Crippen LogP contribution in [0.3, 0.4) is 0 Å². The van der Waals surface area contributed by atoms with Crippen LogP contribution < -0.4 is 5.32 Å². The predicted octanol–water partition coefficient (Wildman–Crippen LogP) is 4.01. The minimum absolute atomic E-state index is 0.0317. The number of fused-ring (bicyclic) bond motifs is 1. The number of hydrogen-bond acceptors (Lipinski definition) is 4. The van der Waals surface area contributed by atoms with Gasteiger partial charge in [-0.15, -0.1) is 0 Å². The van der Waals surface area contributed by atoms with E-state index in [1.54, 1.807) is 6.07 Å². The first kappa shape index (κ1) is 17.4. The molecule has 2 fully saturated rings. The number of pyridine rings is 1. The second-order valence-corrected chi connectivity index (χ2v) is 7.82. The number of halogens is 2. The van der Waals surface area contributed by atoms with Gasteiger partial charge in [-0.1, -0.05) is 0 Å². The minimum atomic E-state index is -0.331. The summed E-state index contributed by atoms with van der Waals surface area (Å²) in [5.74, 6) is 0.324. The number of rotatable bonds is 3. The van der Waals surface area contributed by atoms with E-state index in [1.165, 1.54) is 11.0 Å². The van der Waals surface area contributed by atoms with Gasteiger partial charge >= 0.3 is 0 Å². The molecule has 0 atom stereocenters. The number of carbonyl (C=O) groups is 2. The Kier molecular flexibility index (Phi) is 4.65. The van der Waals surface area contributed by atoms with Crippen LogP contribution in [0, 0.1) is 5.82 Å². The van der Waals surface area contributed by atoms with Crippen molar-refractivity contribution < 1.29 is 14.0 Å². The maximum atomic E-state index is 13.7. The summed E-state index contributed by atoms with van der Waals surface area (Å²) in [6.45, 7) is 0. The SMILES string of the molecule is O=C1CCC(=O)N1C1CCC(Nc2ccc3cc(Br)c(F)cc3n2)CC1. The highest BCUT2D eigenvalue weighted by molar-refractivity contribution is 9.10. The first-order valence-corrected chi connectivity index (χ1v) is 9.68. The average molecular weight is 420 g/mol. The summed E-state index contributed by atoms with van der Waals surface area (Å²) in [5.41, 5.74) is 0.609. The lowest BCUT2D eigenvalue weighted by atomic mass is 9.90. The third kappa shape index (κ3) is 3.32. The lowest BCUT2D eigenvalue weighted by molar-refractivity contribution is -0.141. The molecule has 5 nitrogen and oxygen atoms in total. The van der Waals surface area contributed by atoms with Crippen molar-refractivity contribution in [2.45, 2.75) is 50.6 Å². The lowest BCUT2D eigenvalue weighted by Crippen LogP contribution is -2.43. The summed E-state index contributed by atoms with van der Waals surface area (Å²) in [6.07, 6.45) is 4.07. The van der Waals surface area contributed by atoms with Crippen LogP contribution in [0.4, 0.5) is 10.2 Å². The molecule has 2 aromatic rings. The lowest BCUT2D eigenvalue weighted by Gasteiger charge is -2.34. The molecule has 0 spiro atoms. The van der Waals surface area contributed by atoms with Gasteiger partial charge in [0.05, 0.1) is 9.99 Å². The number of amides is 2. The zero-order valence-electron chi connectivity index (χ0n) is 14.2. The Bertz CT molecular complexity index is 864. The molecule has 2 heterocycles. The monoisotopic (exact) mass is 419 g/mol. The van der Waals surface area contributed by atoms with Crippen molar-refractivity contribution in [2.24, 2.45) is 0 Å². The Balaban J connectivity index is 1.41. The molecule has 1 aromatic carbocycles. The highest BCUT2D eigenvalue weighted by Gasteiger charge is 2.36. The van der Waals surface area contributed by atoms with Crippen LogP contribution in [0.1, 0.15) is 38.5 Å². The van der Waals surface area contributed by atoms with E-state index in [4.69, 9.17) is 0 Å². The van der Waals surface area contributed by atoms with Crippen molar-refractivity contribution in [3.05, 3.63) is 34.6 Å². The second kappa shape index (κ2) is 6.95. The van der Waals surface area contributed by atoms with E-state index >= 15 is 0 Å². The van der Waals surface area contributed by atoms with E-state index in [-0.39, 0.29) is 29.7 Å². The van der Waals surface area contributed by atoms with Gasteiger partial charge in [0.25, 0.3) is 0 Å². The summed E-state index contributed by atoms with van der Waals surface area (Å²) < 4.78 is 14.2. The van der Waals surface area contributed by atoms with E-state index in [0.29, 0.717) is 22.8 Å². The van der Waals surface area contributed by atoms with Crippen LogP contribution >= 0.6 is 15.9 Å². The maximum absolute atomic E-state index is 13.7. The summed E-state index contributed by atoms with van der Waals surface area (Å²) in [6, 6.07) is 7.23. The van der Waals surface area contributed by atoms with Crippen molar-refractivity contribution in [1.29, 1.82) is 0 Å². The van der Waals surface area contributed by atoms with Gasteiger partial charge in [0, 0.05) is 36.4 Å². The molecule has 1 aliphatic heterocycles. The summed E-state index contributed by atoms with van der Waals surface area (Å²) >= 11 is 3.19. The molecule has 1 saturated carbocycles. The molecule has 0 bridgehead atoms. The maximum Gasteiger partial charge on any atom is 0.229 e. The third-order valence-corrected chi connectivity index (χ3v) is 5.84. The largest absolute Gasteiger partial charge is 0.367 e. The van der Waals surface area contributed by atoms with Crippen molar-refractivity contribution in [1.82, 2.24) is 9.88 Å². The van der Waals surface area contributed by atoms with Crippen LogP contribution in [-0.4, -0.2) is 33.8 Å². The topological polar surface area (TPSA) is 62.3 Å². The molecule has 1 N–H and O–H groups in total. The molecule has 4 rings (SSSR count). The number of hydrogen-bond donors (Lipinski definition) is 1. The van der Waals surface area contributed by atoms with E-state index < -0.39 is 0 Å². The fourth-order valence-corrected chi connectivity index (χ4v) is 4.25. The van der Waals surface area contributed by atoms with Crippen molar-refractivity contribution in [2.75, 3.05) is 5.32 Å². The van der Waals surface area contributed by atoms with Gasteiger partial charge in [0.2, 0.25) is 11.8 Å². The molecule has 7 heteroatoms. The molecule has 26 heavy (non-hydrogen) atoms. The summed E-state index contributed by atoms with van der Waals surface area (Å²) in [4.78, 5) is 29.7. The Morgan fingerprint density at radius 1 is 1.08 bits per heavy atom. The van der Waals surface area contributed by atoms with Gasteiger partial charge in [-0.05, 0) is 59.8 Å². The number of nitrogens with one attached hydrogen (secondary N) is 1. The number of anilines is 1. The zero-order valence-corrected chi connectivity index (χ0v) is 15.8. The number of aromatic nitrogens is 1. The van der Waals surface area contributed by atoms with Crippen LogP contribution in [-0.2, 0) is 9.59 Å². The standard InChI is InChI=1S/C19H19BrFN3O2/c20-14-9-11-1-6-17(23-16(11)10-15(14)21)22-12-2-4-13(5-3-12)24-18(25)7-8-19(24)26/h1,6,9-10,12-13H,2-5,7-8H2,(H,22,23). The second-order valence-electron chi connectivity index (χ2n) is 6.96. The minimum Gasteiger partial charge on any atom is -0.367 e. The fourth-order valence-electron chi connectivity index (χ4n) is 3.89.